The van der Waals surface area contributed by atoms with Gasteiger partial charge in [0.1, 0.15) is 5.75 Å². The van der Waals surface area contributed by atoms with Gasteiger partial charge in [0, 0.05) is 10.8 Å². The van der Waals surface area contributed by atoms with Gasteiger partial charge in [0.05, 0.1) is 0 Å². The minimum Gasteiger partial charge on any atom is -0.508 e. The van der Waals surface area contributed by atoms with E-state index in [4.69, 9.17) is 0 Å². The Morgan fingerprint density at radius 3 is 1.90 bits per heavy atom. The molecule has 0 aliphatic heterocycles. The zero-order valence-electron chi connectivity index (χ0n) is 13.1. The van der Waals surface area contributed by atoms with E-state index in [1.807, 2.05) is 58.0 Å². The lowest BCUT2D eigenvalue weighted by atomic mass is 10.1. The summed E-state index contributed by atoms with van der Waals surface area (Å²) in [6.07, 6.45) is 0. The zero-order chi connectivity index (χ0) is 15.8. The summed E-state index contributed by atoms with van der Waals surface area (Å²) in [7, 11) is 0. The number of phenolic OH excluding ortho intramolecular Hbond substituents is 1. The summed E-state index contributed by atoms with van der Waals surface area (Å²) in [6, 6.07) is 16.2. The molecule has 3 aromatic rings. The average molecular weight is 282 g/mol. The van der Waals surface area contributed by atoms with Gasteiger partial charge >= 0.3 is 0 Å². The molecule has 0 aromatic heterocycles. The summed E-state index contributed by atoms with van der Waals surface area (Å²) in [4.78, 5) is 12.3. The third-order valence-electron chi connectivity index (χ3n) is 2.93. The fourth-order valence-electron chi connectivity index (χ4n) is 2.06. The number of fused-ring (bicyclic) bond motifs is 2. The highest BCUT2D eigenvalue weighted by atomic mass is 16.3. The molecule has 0 aliphatic carbocycles. The molecule has 110 valence electrons. The van der Waals surface area contributed by atoms with E-state index >= 15 is 0 Å². The molecule has 0 atom stereocenters. The standard InChI is InChI=1S/C15H10O2.2C2H6/c16-12-8-7-11-6-5-10-3-1-2-4-13(10)15(17)14(11)9-12;2*1-2/h1-9,16H;2*1-2H3. The molecular formula is C19H22O2. The molecule has 1 N–H and O–H groups in total. The third-order valence-corrected chi connectivity index (χ3v) is 2.93. The van der Waals surface area contributed by atoms with E-state index < -0.39 is 0 Å². The van der Waals surface area contributed by atoms with Crippen molar-refractivity contribution in [2.75, 3.05) is 0 Å². The van der Waals surface area contributed by atoms with Crippen LogP contribution < -0.4 is 5.43 Å². The smallest absolute Gasteiger partial charge is 0.194 e. The molecule has 21 heavy (non-hydrogen) atoms. The number of hydrogen-bond donors (Lipinski definition) is 1. The van der Waals surface area contributed by atoms with Gasteiger partial charge in [-0.25, -0.2) is 0 Å². The van der Waals surface area contributed by atoms with Gasteiger partial charge in [0.25, 0.3) is 0 Å². The molecule has 0 saturated carbocycles. The minimum atomic E-state index is -0.0449. The third kappa shape index (κ3) is 3.60. The normalized spacial score (nSPS) is 9.33. The Hall–Kier alpha value is -2.35. The fraction of sp³-hybridized carbons (Fsp3) is 0.211. The zero-order valence-corrected chi connectivity index (χ0v) is 13.1. The van der Waals surface area contributed by atoms with E-state index in [0.717, 1.165) is 10.8 Å². The van der Waals surface area contributed by atoms with Crippen molar-refractivity contribution in [3.05, 3.63) is 64.8 Å². The largest absolute Gasteiger partial charge is 0.508 e. The Kier molecular flexibility index (Phi) is 6.41. The van der Waals surface area contributed by atoms with Crippen LogP contribution in [0.5, 0.6) is 5.75 Å². The van der Waals surface area contributed by atoms with Gasteiger partial charge in [0.2, 0.25) is 0 Å². The highest BCUT2D eigenvalue weighted by Crippen LogP contribution is 2.19. The summed E-state index contributed by atoms with van der Waals surface area (Å²) < 4.78 is 0. The predicted octanol–water partition coefficient (Wildman–Crippen LogP) is 5.11. The second-order valence-corrected chi connectivity index (χ2v) is 4.02. The van der Waals surface area contributed by atoms with E-state index in [-0.39, 0.29) is 11.2 Å². The number of hydrogen-bond acceptors (Lipinski definition) is 2. The molecule has 0 radical (unpaired) electrons. The summed E-state index contributed by atoms with van der Waals surface area (Å²) in [6.45, 7) is 8.00. The van der Waals surface area contributed by atoms with Crippen LogP contribution in [0.1, 0.15) is 27.7 Å². The van der Waals surface area contributed by atoms with E-state index in [9.17, 15) is 9.90 Å². The molecule has 2 nitrogen and oxygen atoms in total. The van der Waals surface area contributed by atoms with Crippen LogP contribution in [0.3, 0.4) is 0 Å². The molecule has 3 rings (SSSR count). The van der Waals surface area contributed by atoms with Crippen LogP contribution >= 0.6 is 0 Å². The van der Waals surface area contributed by atoms with Crippen LogP contribution in [0.25, 0.3) is 21.5 Å². The SMILES string of the molecule is CC.CC.O=c1c2ccccc2ccc2ccc(O)cc12. The topological polar surface area (TPSA) is 37.3 Å². The van der Waals surface area contributed by atoms with E-state index in [1.54, 1.807) is 18.2 Å². The monoisotopic (exact) mass is 282 g/mol. The minimum absolute atomic E-state index is 0.0449. The van der Waals surface area contributed by atoms with Crippen molar-refractivity contribution >= 4 is 21.5 Å². The van der Waals surface area contributed by atoms with Gasteiger partial charge in [-0.05, 0) is 22.9 Å². The quantitative estimate of drug-likeness (QED) is 0.622. The Labute approximate surface area is 125 Å². The molecule has 0 heterocycles. The molecule has 0 aliphatic rings. The van der Waals surface area contributed by atoms with Crippen LogP contribution in [-0.4, -0.2) is 5.11 Å². The summed E-state index contributed by atoms with van der Waals surface area (Å²) in [5.74, 6) is 0.116. The van der Waals surface area contributed by atoms with Crippen LogP contribution in [0.2, 0.25) is 0 Å². The van der Waals surface area contributed by atoms with Crippen LogP contribution in [-0.2, 0) is 0 Å². The van der Waals surface area contributed by atoms with Crippen LogP contribution in [0, 0.1) is 0 Å². The Morgan fingerprint density at radius 1 is 0.714 bits per heavy atom. The molecule has 3 aromatic carbocycles. The highest BCUT2D eigenvalue weighted by Gasteiger charge is 2.02. The number of aromatic hydroxyl groups is 1. The molecule has 0 saturated heterocycles. The summed E-state index contributed by atoms with van der Waals surface area (Å²) in [5.41, 5.74) is -0.0449. The second kappa shape index (κ2) is 8.05. The van der Waals surface area contributed by atoms with Crippen molar-refractivity contribution in [3.8, 4) is 5.75 Å². The first-order valence-corrected chi connectivity index (χ1v) is 7.40. The highest BCUT2D eigenvalue weighted by molar-refractivity contribution is 5.93. The predicted molar refractivity (Wildman–Crippen MR) is 92.1 cm³/mol. The Bertz CT molecular complexity index is 777. The maximum Gasteiger partial charge on any atom is 0.194 e. The van der Waals surface area contributed by atoms with Crippen molar-refractivity contribution in [1.29, 1.82) is 0 Å². The lowest BCUT2D eigenvalue weighted by molar-refractivity contribution is 0.476. The van der Waals surface area contributed by atoms with Gasteiger partial charge in [0.15, 0.2) is 5.43 Å². The van der Waals surface area contributed by atoms with Gasteiger partial charge in [-0.15, -0.1) is 0 Å². The molecule has 0 bridgehead atoms. The first kappa shape index (κ1) is 16.7. The summed E-state index contributed by atoms with van der Waals surface area (Å²) >= 11 is 0. The first-order chi connectivity index (χ1) is 10.3. The number of benzene rings is 2. The molecule has 0 fully saturated rings. The van der Waals surface area contributed by atoms with Crippen LogP contribution in [0.4, 0.5) is 0 Å². The molecule has 2 heteroatoms. The van der Waals surface area contributed by atoms with Crippen molar-refractivity contribution in [3.63, 3.8) is 0 Å². The lowest BCUT2D eigenvalue weighted by Crippen LogP contribution is -1.97. The summed E-state index contributed by atoms with van der Waals surface area (Å²) in [5, 5.41) is 12.4. The Morgan fingerprint density at radius 2 is 1.24 bits per heavy atom. The van der Waals surface area contributed by atoms with Crippen molar-refractivity contribution in [2.45, 2.75) is 27.7 Å². The number of phenols is 1. The molecule has 0 amide bonds. The molecule has 0 spiro atoms. The first-order valence-electron chi connectivity index (χ1n) is 7.40. The van der Waals surface area contributed by atoms with Gasteiger partial charge in [-0.3, -0.25) is 4.79 Å². The maximum absolute atomic E-state index is 12.3. The van der Waals surface area contributed by atoms with Crippen LogP contribution in [0.15, 0.2) is 59.4 Å². The van der Waals surface area contributed by atoms with Crippen molar-refractivity contribution in [1.82, 2.24) is 0 Å². The van der Waals surface area contributed by atoms with E-state index in [2.05, 4.69) is 0 Å². The van der Waals surface area contributed by atoms with E-state index in [0.29, 0.717) is 10.8 Å². The van der Waals surface area contributed by atoms with Gasteiger partial charge < -0.3 is 5.11 Å². The maximum atomic E-state index is 12.3. The fourth-order valence-corrected chi connectivity index (χ4v) is 2.06. The molecule has 0 unspecified atom stereocenters. The second-order valence-electron chi connectivity index (χ2n) is 4.02. The van der Waals surface area contributed by atoms with Gasteiger partial charge in [-0.2, -0.15) is 0 Å². The van der Waals surface area contributed by atoms with Gasteiger partial charge in [-0.1, -0.05) is 70.2 Å². The Balaban J connectivity index is 0.000000510. The molecular weight excluding hydrogens is 260 g/mol. The van der Waals surface area contributed by atoms with Crippen molar-refractivity contribution < 1.29 is 5.11 Å². The lowest BCUT2D eigenvalue weighted by Gasteiger charge is -1.93. The average Bonchev–Trinajstić information content (AvgIpc) is 2.69. The van der Waals surface area contributed by atoms with E-state index in [1.165, 1.54) is 6.07 Å². The van der Waals surface area contributed by atoms with Crippen molar-refractivity contribution in [2.24, 2.45) is 0 Å². The number of rotatable bonds is 0.